The molecule has 0 bridgehead atoms. The third-order valence-corrected chi connectivity index (χ3v) is 7.01. The molecular formula is C28H22ClNO6S. The number of nitrogens with one attached hydrogen (secondary N) is 1. The number of ether oxygens (including phenoxy) is 2. The molecule has 4 aromatic carbocycles. The number of hydrogen-bond donors (Lipinski definition) is 1. The highest BCUT2D eigenvalue weighted by molar-refractivity contribution is 7.92. The van der Waals surface area contributed by atoms with Crippen LogP contribution in [0.1, 0.15) is 32.4 Å². The highest BCUT2D eigenvalue weighted by Gasteiger charge is 2.27. The molecule has 0 spiro atoms. The molecule has 0 saturated carbocycles. The third-order valence-electron chi connectivity index (χ3n) is 5.41. The molecule has 188 valence electrons. The van der Waals surface area contributed by atoms with Crippen molar-refractivity contribution in [3.8, 4) is 5.75 Å². The van der Waals surface area contributed by atoms with Gasteiger partial charge in [0.25, 0.3) is 10.0 Å². The number of ketones is 1. The van der Waals surface area contributed by atoms with Crippen molar-refractivity contribution in [2.45, 2.75) is 11.0 Å². The van der Waals surface area contributed by atoms with E-state index < -0.39 is 27.9 Å². The maximum absolute atomic E-state index is 13.2. The van der Waals surface area contributed by atoms with E-state index in [0.717, 1.165) is 0 Å². The zero-order chi connectivity index (χ0) is 26.4. The Kier molecular flexibility index (Phi) is 7.91. The van der Waals surface area contributed by atoms with Crippen molar-refractivity contribution in [1.29, 1.82) is 0 Å². The molecule has 9 heteroatoms. The number of anilines is 1. The molecule has 0 aliphatic rings. The fourth-order valence-corrected chi connectivity index (χ4v) is 4.86. The summed E-state index contributed by atoms with van der Waals surface area (Å²) in [5.74, 6) is -0.983. The maximum atomic E-state index is 13.2. The Labute approximate surface area is 219 Å². The molecule has 0 saturated heterocycles. The Bertz CT molecular complexity index is 1530. The molecule has 0 radical (unpaired) electrons. The maximum Gasteiger partial charge on any atom is 0.339 e. The average molecular weight is 536 g/mol. The number of carbonyl (C=O) groups excluding carboxylic acids is 2. The first-order valence-corrected chi connectivity index (χ1v) is 13.0. The van der Waals surface area contributed by atoms with Gasteiger partial charge < -0.3 is 9.47 Å². The minimum absolute atomic E-state index is 0.0391. The van der Waals surface area contributed by atoms with Crippen LogP contribution in [0.15, 0.2) is 108 Å². The average Bonchev–Trinajstić information content (AvgIpc) is 2.92. The molecule has 0 aliphatic heterocycles. The summed E-state index contributed by atoms with van der Waals surface area (Å²) < 4.78 is 39.4. The van der Waals surface area contributed by atoms with Crippen LogP contribution in [0.3, 0.4) is 0 Å². The van der Waals surface area contributed by atoms with Crippen LogP contribution in [0.4, 0.5) is 5.69 Å². The zero-order valence-electron chi connectivity index (χ0n) is 19.6. The third kappa shape index (κ3) is 6.17. The van der Waals surface area contributed by atoms with E-state index in [4.69, 9.17) is 21.1 Å². The van der Waals surface area contributed by atoms with Crippen molar-refractivity contribution in [2.75, 3.05) is 11.8 Å². The van der Waals surface area contributed by atoms with Gasteiger partial charge in [0.05, 0.1) is 23.3 Å². The van der Waals surface area contributed by atoms with Gasteiger partial charge in [0.1, 0.15) is 5.75 Å². The van der Waals surface area contributed by atoms with Gasteiger partial charge in [0, 0.05) is 16.1 Å². The second-order valence-corrected chi connectivity index (χ2v) is 10.0. The number of halogens is 1. The molecule has 0 aromatic heterocycles. The first-order valence-electron chi connectivity index (χ1n) is 11.1. The predicted molar refractivity (Wildman–Crippen MR) is 141 cm³/mol. The van der Waals surface area contributed by atoms with Crippen LogP contribution in [-0.4, -0.2) is 27.3 Å². The first kappa shape index (κ1) is 25.9. The summed E-state index contributed by atoms with van der Waals surface area (Å²) in [6.45, 7) is 0. The molecule has 0 amide bonds. The normalized spacial score (nSPS) is 11.8. The van der Waals surface area contributed by atoms with Gasteiger partial charge in [-0.3, -0.25) is 9.52 Å². The monoisotopic (exact) mass is 535 g/mol. The van der Waals surface area contributed by atoms with Crippen LogP contribution in [0.2, 0.25) is 5.02 Å². The number of hydrogen-bond acceptors (Lipinski definition) is 6. The molecule has 0 fully saturated rings. The molecular weight excluding hydrogens is 514 g/mol. The molecule has 0 aliphatic carbocycles. The summed E-state index contributed by atoms with van der Waals surface area (Å²) >= 11 is 6.01. The summed E-state index contributed by atoms with van der Waals surface area (Å²) in [6, 6.07) is 26.9. The van der Waals surface area contributed by atoms with Crippen molar-refractivity contribution in [3.05, 3.63) is 125 Å². The molecule has 4 rings (SSSR count). The SMILES string of the molecule is COc1ccc(Cl)cc1NS(=O)(=O)c1cccc(C(=O)OC(C(=O)c2ccccc2)c2ccccc2)c1. The molecule has 1 N–H and O–H groups in total. The number of carbonyl (C=O) groups is 2. The van der Waals surface area contributed by atoms with Gasteiger partial charge in [-0.15, -0.1) is 0 Å². The Morgan fingerprint density at radius 2 is 1.46 bits per heavy atom. The van der Waals surface area contributed by atoms with Crippen LogP contribution in [0.25, 0.3) is 0 Å². The highest BCUT2D eigenvalue weighted by Crippen LogP contribution is 2.30. The Hall–Kier alpha value is -4.14. The largest absolute Gasteiger partial charge is 0.495 e. The topological polar surface area (TPSA) is 98.8 Å². The number of benzene rings is 4. The lowest BCUT2D eigenvalue weighted by atomic mass is 10.00. The van der Waals surface area contributed by atoms with Gasteiger partial charge in [0.15, 0.2) is 6.10 Å². The van der Waals surface area contributed by atoms with Gasteiger partial charge >= 0.3 is 5.97 Å². The van der Waals surface area contributed by atoms with E-state index in [1.54, 1.807) is 66.7 Å². The van der Waals surface area contributed by atoms with Crippen LogP contribution < -0.4 is 9.46 Å². The van der Waals surface area contributed by atoms with Crippen LogP contribution in [-0.2, 0) is 14.8 Å². The number of sulfonamides is 1. The van der Waals surface area contributed by atoms with E-state index in [1.807, 2.05) is 0 Å². The van der Waals surface area contributed by atoms with Gasteiger partial charge in [-0.1, -0.05) is 78.3 Å². The van der Waals surface area contributed by atoms with Crippen molar-refractivity contribution < 1.29 is 27.5 Å². The van der Waals surface area contributed by atoms with E-state index >= 15 is 0 Å². The van der Waals surface area contributed by atoms with Gasteiger partial charge in [-0.25, -0.2) is 13.2 Å². The minimum Gasteiger partial charge on any atom is -0.495 e. The lowest BCUT2D eigenvalue weighted by molar-refractivity contribution is 0.0280. The molecule has 4 aromatic rings. The van der Waals surface area contributed by atoms with Crippen LogP contribution in [0, 0.1) is 0 Å². The minimum atomic E-state index is -4.12. The number of esters is 1. The second-order valence-electron chi connectivity index (χ2n) is 7.90. The summed E-state index contributed by atoms with van der Waals surface area (Å²) in [4.78, 5) is 26.2. The molecule has 37 heavy (non-hydrogen) atoms. The fraction of sp³-hybridized carbons (Fsp3) is 0.0714. The molecule has 1 unspecified atom stereocenters. The van der Waals surface area contributed by atoms with Gasteiger partial charge in [-0.05, 0) is 36.4 Å². The van der Waals surface area contributed by atoms with E-state index in [1.165, 1.54) is 43.5 Å². The first-order chi connectivity index (χ1) is 17.8. The highest BCUT2D eigenvalue weighted by atomic mass is 35.5. The summed E-state index contributed by atoms with van der Waals surface area (Å²) in [7, 11) is -2.72. The number of rotatable bonds is 9. The van der Waals surface area contributed by atoms with E-state index in [-0.39, 0.29) is 21.9 Å². The summed E-state index contributed by atoms with van der Waals surface area (Å²) in [5, 5.41) is 0.311. The lowest BCUT2D eigenvalue weighted by Crippen LogP contribution is -2.21. The Morgan fingerprint density at radius 3 is 2.14 bits per heavy atom. The quantitative estimate of drug-likeness (QED) is 0.211. The van der Waals surface area contributed by atoms with Crippen molar-refractivity contribution >= 4 is 39.1 Å². The predicted octanol–water partition coefficient (Wildman–Crippen LogP) is 5.93. The van der Waals surface area contributed by atoms with Crippen molar-refractivity contribution in [1.82, 2.24) is 0 Å². The molecule has 1 atom stereocenters. The fourth-order valence-electron chi connectivity index (χ4n) is 3.58. The van der Waals surface area contributed by atoms with E-state index in [0.29, 0.717) is 16.1 Å². The van der Waals surface area contributed by atoms with E-state index in [2.05, 4.69) is 4.72 Å². The summed E-state index contributed by atoms with van der Waals surface area (Å²) in [6.07, 6.45) is -1.22. The molecule has 0 heterocycles. The lowest BCUT2D eigenvalue weighted by Gasteiger charge is -2.18. The standard InChI is InChI=1S/C28H22ClNO6S/c1-35-25-16-15-22(29)18-24(25)30-37(33,34)23-14-8-13-21(17-23)28(32)36-27(20-11-6-3-7-12-20)26(31)19-9-4-2-5-10-19/h2-18,27,30H,1H3. The Morgan fingerprint density at radius 1 is 0.811 bits per heavy atom. The zero-order valence-corrected chi connectivity index (χ0v) is 21.2. The Balaban J connectivity index is 1.62. The smallest absolute Gasteiger partial charge is 0.339 e. The van der Waals surface area contributed by atoms with Crippen molar-refractivity contribution in [2.24, 2.45) is 0 Å². The van der Waals surface area contributed by atoms with Crippen LogP contribution in [0.5, 0.6) is 5.75 Å². The van der Waals surface area contributed by atoms with Gasteiger partial charge in [0.2, 0.25) is 5.78 Å². The number of Topliss-reactive ketones (excluding diaryl/α,β-unsaturated/α-hetero) is 1. The van der Waals surface area contributed by atoms with E-state index in [9.17, 15) is 18.0 Å². The second kappa shape index (κ2) is 11.3. The molecule has 7 nitrogen and oxygen atoms in total. The van der Waals surface area contributed by atoms with Crippen molar-refractivity contribution in [3.63, 3.8) is 0 Å². The number of methoxy groups -OCH3 is 1. The summed E-state index contributed by atoms with van der Waals surface area (Å²) in [5.41, 5.74) is 0.964. The van der Waals surface area contributed by atoms with Gasteiger partial charge in [-0.2, -0.15) is 0 Å². The van der Waals surface area contributed by atoms with Crippen LogP contribution >= 0.6 is 11.6 Å².